The average Bonchev–Trinajstić information content (AvgIpc) is 2.26. The van der Waals surface area contributed by atoms with Gasteiger partial charge in [0, 0.05) is 8.51 Å². The number of H-pyrrole nitrogens is 1. The smallest absolute Gasteiger partial charge is 0.277 e. The molecule has 2 aromatic heterocycles. The number of hydrogen-bond acceptors (Lipinski definition) is 3. The number of para-hydroxylation sites is 2. The summed E-state index contributed by atoms with van der Waals surface area (Å²) in [6.45, 7) is 0. The second-order valence-electron chi connectivity index (χ2n) is 2.57. The zero-order valence-electron chi connectivity index (χ0n) is 6.91. The van der Waals surface area contributed by atoms with Crippen LogP contribution in [0.2, 0.25) is 0 Å². The van der Waals surface area contributed by atoms with Gasteiger partial charge in [-0.25, -0.2) is 0 Å². The Balaban J connectivity index is 2.52. The van der Waals surface area contributed by atoms with Gasteiger partial charge >= 0.3 is 0 Å². The Bertz CT molecular complexity index is 515. The van der Waals surface area contributed by atoms with Crippen molar-refractivity contribution in [3.63, 3.8) is 0 Å². The lowest BCUT2D eigenvalue weighted by molar-refractivity contribution is 0.430. The predicted molar refractivity (Wildman–Crippen MR) is 58.2 cm³/mol. The fraction of sp³-hybridized carbons (Fsp3) is 0. The third kappa shape index (κ3) is 1.34. The van der Waals surface area contributed by atoms with Crippen LogP contribution < -0.4 is 0 Å². The lowest BCUT2D eigenvalue weighted by Crippen LogP contribution is -1.78. The zero-order valence-corrected chi connectivity index (χ0v) is 9.70. The van der Waals surface area contributed by atoms with Crippen LogP contribution in [-0.4, -0.2) is 13.1 Å². The molecule has 3 rings (SSSR count). The van der Waals surface area contributed by atoms with Gasteiger partial charge in [0.1, 0.15) is 0 Å². The Hall–Kier alpha value is -0.880. The number of benzene rings is 1. The third-order valence-electron chi connectivity index (χ3n) is 1.69. The SMILES string of the molecule is c1ccc2op3[nH][pH]npn3oc2c1. The minimum Gasteiger partial charge on any atom is -0.411 e. The summed E-state index contributed by atoms with van der Waals surface area (Å²) in [5.74, 6) is 0. The Morgan fingerprint density at radius 3 is 3.21 bits per heavy atom. The number of hydrogen-bond donors (Lipinski definition) is 1. The lowest BCUT2D eigenvalue weighted by atomic mass is 10.3. The molecule has 0 aliphatic heterocycles. The Morgan fingerprint density at radius 1 is 1.43 bits per heavy atom. The van der Waals surface area contributed by atoms with Gasteiger partial charge in [-0.15, -0.1) is 0 Å². The number of rotatable bonds is 0. The van der Waals surface area contributed by atoms with E-state index < -0.39 is 7.90 Å². The maximum atomic E-state index is 5.73. The molecule has 0 bridgehead atoms. The summed E-state index contributed by atoms with van der Waals surface area (Å²) in [5, 5.41) is 0. The van der Waals surface area contributed by atoms with Gasteiger partial charge < -0.3 is 8.72 Å². The lowest BCUT2D eigenvalue weighted by Gasteiger charge is -2.00. The van der Waals surface area contributed by atoms with Gasteiger partial charge in [-0.3, -0.25) is 4.51 Å². The van der Waals surface area contributed by atoms with E-state index in [1.807, 2.05) is 24.3 Å². The molecule has 0 radical (unpaired) electrons. The van der Waals surface area contributed by atoms with Gasteiger partial charge in [-0.05, 0) is 12.1 Å². The summed E-state index contributed by atoms with van der Waals surface area (Å²) >= 11 is 0. The van der Waals surface area contributed by atoms with Gasteiger partial charge in [0.25, 0.3) is 7.90 Å². The molecule has 72 valence electrons. The molecule has 14 heavy (non-hydrogen) atoms. The second kappa shape index (κ2) is 3.36. The number of aromatic amines is 1. The van der Waals surface area contributed by atoms with Crippen LogP contribution in [0.4, 0.5) is 0 Å². The van der Waals surface area contributed by atoms with Crippen LogP contribution >= 0.6 is 24.9 Å². The predicted octanol–water partition coefficient (Wildman–Crippen LogP) is 3.58. The van der Waals surface area contributed by atoms with Gasteiger partial charge in [0.05, 0.1) is 0 Å². The summed E-state index contributed by atoms with van der Waals surface area (Å²) < 4.78 is 20.4. The molecule has 2 unspecified atom stereocenters. The van der Waals surface area contributed by atoms with E-state index >= 15 is 0 Å². The van der Waals surface area contributed by atoms with Crippen molar-refractivity contribution in [2.75, 3.05) is 0 Å². The number of fused-ring (bicyclic) bond motifs is 2. The molecule has 0 aliphatic carbocycles. The molecule has 3 aromatic rings. The van der Waals surface area contributed by atoms with Crippen molar-refractivity contribution < 1.29 is 8.72 Å². The highest BCUT2D eigenvalue weighted by atomic mass is 31.2. The van der Waals surface area contributed by atoms with Crippen LogP contribution in [0.3, 0.4) is 0 Å². The van der Waals surface area contributed by atoms with E-state index in [-0.39, 0.29) is 0 Å². The molecule has 0 aliphatic rings. The van der Waals surface area contributed by atoms with Gasteiger partial charge in [-0.2, -0.15) is 4.51 Å². The number of aromatic nitrogens is 3. The molecule has 8 heteroatoms. The largest absolute Gasteiger partial charge is 0.411 e. The minimum absolute atomic E-state index is 0.394. The molecule has 0 fully saturated rings. The minimum atomic E-state index is -0.865. The molecule has 2 atom stereocenters. The molecule has 2 heterocycles. The van der Waals surface area contributed by atoms with Gasteiger partial charge in [0.2, 0.25) is 0 Å². The van der Waals surface area contributed by atoms with E-state index in [2.05, 4.69) is 9.02 Å². The normalized spacial score (nSPS) is 13.3. The van der Waals surface area contributed by atoms with E-state index in [1.165, 1.54) is 0 Å². The molecule has 0 saturated heterocycles. The van der Waals surface area contributed by atoms with E-state index in [0.717, 1.165) is 19.7 Å². The van der Waals surface area contributed by atoms with E-state index in [1.54, 1.807) is 4.10 Å². The van der Waals surface area contributed by atoms with E-state index in [9.17, 15) is 0 Å². The highest BCUT2D eigenvalue weighted by Crippen LogP contribution is 2.28. The first-order valence-corrected chi connectivity index (χ1v) is 6.86. The molecular formula is C6H6N3O2P3. The maximum absolute atomic E-state index is 5.73. The Kier molecular flexibility index (Phi) is 2.02. The van der Waals surface area contributed by atoms with Crippen molar-refractivity contribution in [2.24, 2.45) is 0 Å². The molecule has 5 nitrogen and oxygen atoms in total. The summed E-state index contributed by atoms with van der Waals surface area (Å²) in [4.78, 5) is 0. The molecule has 1 N–H and O–H groups in total. The molecule has 0 spiro atoms. The van der Waals surface area contributed by atoms with Crippen LogP contribution in [0.5, 0.6) is 0 Å². The molecule has 0 amide bonds. The Morgan fingerprint density at radius 2 is 2.29 bits per heavy atom. The zero-order chi connectivity index (χ0) is 9.38. The maximum Gasteiger partial charge on any atom is 0.277 e. The van der Waals surface area contributed by atoms with Crippen LogP contribution in [0, 0.1) is 0 Å². The topological polar surface area (TPSA) is 59.4 Å². The van der Waals surface area contributed by atoms with Crippen molar-refractivity contribution in [3.8, 4) is 0 Å². The average molecular weight is 245 g/mol. The van der Waals surface area contributed by atoms with E-state index in [0.29, 0.717) is 8.51 Å². The van der Waals surface area contributed by atoms with Crippen LogP contribution in [0.1, 0.15) is 0 Å². The van der Waals surface area contributed by atoms with Crippen molar-refractivity contribution in [1.29, 1.82) is 0 Å². The van der Waals surface area contributed by atoms with Crippen LogP contribution in [0.15, 0.2) is 33.0 Å². The summed E-state index contributed by atoms with van der Waals surface area (Å²) in [7, 11) is 0.345. The second-order valence-corrected chi connectivity index (χ2v) is 6.44. The molecule has 0 saturated carbocycles. The first-order valence-electron chi connectivity index (χ1n) is 3.90. The van der Waals surface area contributed by atoms with Crippen molar-refractivity contribution >= 4 is 36.1 Å². The highest BCUT2D eigenvalue weighted by molar-refractivity contribution is 7.48. The van der Waals surface area contributed by atoms with Crippen molar-refractivity contribution in [2.45, 2.75) is 0 Å². The van der Waals surface area contributed by atoms with Gasteiger partial charge in [-0.1, -0.05) is 16.2 Å². The number of nitrogens with zero attached hydrogens (tertiary/aromatic N) is 2. The first-order chi connectivity index (χ1) is 6.93. The van der Waals surface area contributed by atoms with Gasteiger partial charge in [0.15, 0.2) is 19.7 Å². The first kappa shape index (κ1) is 8.43. The van der Waals surface area contributed by atoms with Crippen LogP contribution in [-0.2, 0) is 0 Å². The summed E-state index contributed by atoms with van der Waals surface area (Å²) in [6, 6.07) is 7.64. The fourth-order valence-corrected chi connectivity index (χ4v) is 4.89. The number of nitrogens with one attached hydrogen (secondary N) is 1. The summed E-state index contributed by atoms with van der Waals surface area (Å²) in [5.41, 5.74) is 1.55. The van der Waals surface area contributed by atoms with Crippen molar-refractivity contribution in [3.05, 3.63) is 24.3 Å². The molecule has 1 aromatic carbocycles. The quantitative estimate of drug-likeness (QED) is 0.615. The Labute approximate surface area is 82.7 Å². The van der Waals surface area contributed by atoms with Crippen LogP contribution in [0.25, 0.3) is 11.2 Å². The summed E-state index contributed by atoms with van der Waals surface area (Å²) in [6.07, 6.45) is 0. The monoisotopic (exact) mass is 245 g/mol. The highest BCUT2D eigenvalue weighted by Gasteiger charge is 1.99. The molecular weight excluding hydrogens is 239 g/mol. The fourth-order valence-electron chi connectivity index (χ4n) is 1.10. The third-order valence-corrected chi connectivity index (χ3v) is 5.33. The standard InChI is InChI=1S/C6H6N3O2P3/c1-2-4-6-5(3-1)10-9-13-7-12-8-14(9)11-6/h1-4,8,12H. The van der Waals surface area contributed by atoms with Crippen molar-refractivity contribution in [1.82, 2.24) is 13.1 Å². The van der Waals surface area contributed by atoms with E-state index in [4.69, 9.17) is 8.72 Å².